The summed E-state index contributed by atoms with van der Waals surface area (Å²) in [6.45, 7) is 3.30. The fraction of sp³-hybridized carbons (Fsp3) is 0.364. The molecule has 0 aliphatic heterocycles. The molecule has 2 unspecified atom stereocenters. The minimum absolute atomic E-state index is 0.413. The number of rotatable bonds is 4. The van der Waals surface area contributed by atoms with E-state index in [1.807, 2.05) is 6.07 Å². The Bertz CT molecular complexity index is 311. The first kappa shape index (κ1) is 11.7. The van der Waals surface area contributed by atoms with E-state index in [1.165, 1.54) is 0 Å². The van der Waals surface area contributed by atoms with Crippen LogP contribution in [-0.2, 0) is 9.47 Å². The Kier molecular flexibility index (Phi) is 4.27. The summed E-state index contributed by atoms with van der Waals surface area (Å²) >= 11 is 0. The van der Waals surface area contributed by atoms with Gasteiger partial charge in [-0.25, -0.2) is 4.79 Å². The van der Waals surface area contributed by atoms with E-state index in [4.69, 9.17) is 15.2 Å². The van der Waals surface area contributed by atoms with E-state index in [0.29, 0.717) is 5.56 Å². The average molecular weight is 209 g/mol. The standard InChI is InChI=1S/C11H15NO3/c1-8(12)14-9(2)15-11(13)10-6-4-3-5-7-10/h3-9H,12H2,1-2H3. The molecular formula is C11H15NO3. The van der Waals surface area contributed by atoms with E-state index >= 15 is 0 Å². The van der Waals surface area contributed by atoms with Crippen LogP contribution >= 0.6 is 0 Å². The van der Waals surface area contributed by atoms with Crippen molar-refractivity contribution in [3.8, 4) is 0 Å². The Morgan fingerprint density at radius 3 is 2.40 bits per heavy atom. The van der Waals surface area contributed by atoms with Crippen LogP contribution in [0.5, 0.6) is 0 Å². The lowest BCUT2D eigenvalue weighted by atomic mass is 10.2. The van der Waals surface area contributed by atoms with E-state index in [0.717, 1.165) is 0 Å². The Morgan fingerprint density at radius 1 is 1.27 bits per heavy atom. The highest BCUT2D eigenvalue weighted by Gasteiger charge is 2.12. The molecule has 1 aromatic carbocycles. The van der Waals surface area contributed by atoms with Gasteiger partial charge in [0.05, 0.1) is 5.56 Å². The molecule has 1 rings (SSSR count). The lowest BCUT2D eigenvalue weighted by molar-refractivity contribution is -0.123. The number of carbonyl (C=O) groups excluding carboxylic acids is 1. The molecule has 0 saturated heterocycles. The number of benzene rings is 1. The highest BCUT2D eigenvalue weighted by Crippen LogP contribution is 2.04. The van der Waals surface area contributed by atoms with Crippen LogP contribution in [0.25, 0.3) is 0 Å². The topological polar surface area (TPSA) is 61.6 Å². The van der Waals surface area contributed by atoms with Crippen LogP contribution < -0.4 is 5.73 Å². The zero-order valence-electron chi connectivity index (χ0n) is 8.84. The van der Waals surface area contributed by atoms with Crippen LogP contribution in [0.2, 0.25) is 0 Å². The van der Waals surface area contributed by atoms with Gasteiger partial charge in [0.15, 0.2) is 0 Å². The van der Waals surface area contributed by atoms with E-state index in [-0.39, 0.29) is 0 Å². The van der Waals surface area contributed by atoms with E-state index in [9.17, 15) is 4.79 Å². The first-order valence-corrected chi connectivity index (χ1v) is 4.76. The lowest BCUT2D eigenvalue weighted by Gasteiger charge is -2.16. The largest absolute Gasteiger partial charge is 0.432 e. The maximum Gasteiger partial charge on any atom is 0.340 e. The van der Waals surface area contributed by atoms with E-state index < -0.39 is 18.5 Å². The molecule has 0 radical (unpaired) electrons. The number of esters is 1. The fourth-order valence-electron chi connectivity index (χ4n) is 1.12. The molecule has 1 aromatic rings. The number of hydrogen-bond acceptors (Lipinski definition) is 4. The Balaban J connectivity index is 2.49. The fourth-order valence-corrected chi connectivity index (χ4v) is 1.12. The molecule has 15 heavy (non-hydrogen) atoms. The SMILES string of the molecule is CC(N)OC(C)OC(=O)c1ccccc1. The van der Waals surface area contributed by atoms with E-state index in [2.05, 4.69) is 0 Å². The Morgan fingerprint density at radius 2 is 1.87 bits per heavy atom. The summed E-state index contributed by atoms with van der Waals surface area (Å²) in [7, 11) is 0. The number of carbonyl (C=O) groups is 1. The third-order valence-corrected chi connectivity index (χ3v) is 1.69. The summed E-state index contributed by atoms with van der Waals surface area (Å²) in [4.78, 5) is 11.5. The van der Waals surface area contributed by atoms with Gasteiger partial charge in [-0.3, -0.25) is 0 Å². The van der Waals surface area contributed by atoms with E-state index in [1.54, 1.807) is 38.1 Å². The molecule has 0 fully saturated rings. The normalized spacial score (nSPS) is 14.3. The van der Waals surface area contributed by atoms with Crippen molar-refractivity contribution in [2.45, 2.75) is 26.4 Å². The maximum absolute atomic E-state index is 11.5. The molecule has 82 valence electrons. The number of hydrogen-bond donors (Lipinski definition) is 1. The minimum Gasteiger partial charge on any atom is -0.432 e. The van der Waals surface area contributed by atoms with Gasteiger partial charge in [-0.1, -0.05) is 18.2 Å². The molecule has 0 aliphatic rings. The van der Waals surface area contributed by atoms with Gasteiger partial charge >= 0.3 is 5.97 Å². The van der Waals surface area contributed by atoms with Crippen molar-refractivity contribution in [2.75, 3.05) is 0 Å². The van der Waals surface area contributed by atoms with Gasteiger partial charge in [0.25, 0.3) is 0 Å². The third kappa shape index (κ3) is 4.10. The van der Waals surface area contributed by atoms with Gasteiger partial charge in [0, 0.05) is 0 Å². The highest BCUT2D eigenvalue weighted by atomic mass is 16.7. The second-order valence-corrected chi connectivity index (χ2v) is 3.18. The van der Waals surface area contributed by atoms with Crippen molar-refractivity contribution in [3.05, 3.63) is 35.9 Å². The summed E-state index contributed by atoms with van der Waals surface area (Å²) in [5.41, 5.74) is 5.89. The van der Waals surface area contributed by atoms with Gasteiger partial charge in [0.2, 0.25) is 6.29 Å². The molecule has 0 aromatic heterocycles. The van der Waals surface area contributed by atoms with Crippen LogP contribution in [0.4, 0.5) is 0 Å². The quantitative estimate of drug-likeness (QED) is 0.603. The van der Waals surface area contributed by atoms with Gasteiger partial charge in [-0.05, 0) is 26.0 Å². The summed E-state index contributed by atoms with van der Waals surface area (Å²) < 4.78 is 10.1. The molecule has 0 aliphatic carbocycles. The highest BCUT2D eigenvalue weighted by molar-refractivity contribution is 5.89. The summed E-state index contributed by atoms with van der Waals surface area (Å²) in [6, 6.07) is 8.74. The van der Waals surface area contributed by atoms with Crippen molar-refractivity contribution in [1.29, 1.82) is 0 Å². The first-order valence-electron chi connectivity index (χ1n) is 4.76. The van der Waals surface area contributed by atoms with Crippen LogP contribution in [0.3, 0.4) is 0 Å². The maximum atomic E-state index is 11.5. The summed E-state index contributed by atoms with van der Waals surface area (Å²) in [6.07, 6.45) is -1.10. The molecule has 2 N–H and O–H groups in total. The van der Waals surface area contributed by atoms with Crippen molar-refractivity contribution < 1.29 is 14.3 Å². The molecule has 4 heteroatoms. The van der Waals surface area contributed by atoms with Gasteiger partial charge in [-0.15, -0.1) is 0 Å². The van der Waals surface area contributed by atoms with Crippen molar-refractivity contribution in [3.63, 3.8) is 0 Å². The molecule has 4 nitrogen and oxygen atoms in total. The minimum atomic E-state index is -0.641. The van der Waals surface area contributed by atoms with Crippen LogP contribution in [0.1, 0.15) is 24.2 Å². The van der Waals surface area contributed by atoms with Crippen molar-refractivity contribution in [1.82, 2.24) is 0 Å². The first-order chi connectivity index (χ1) is 7.09. The van der Waals surface area contributed by atoms with Crippen LogP contribution in [-0.4, -0.2) is 18.5 Å². The molecule has 2 atom stereocenters. The zero-order chi connectivity index (χ0) is 11.3. The monoisotopic (exact) mass is 209 g/mol. The molecule has 0 amide bonds. The average Bonchev–Trinajstić information content (AvgIpc) is 2.17. The zero-order valence-corrected chi connectivity index (χ0v) is 8.84. The second kappa shape index (κ2) is 5.48. The van der Waals surface area contributed by atoms with Gasteiger partial charge < -0.3 is 15.2 Å². The van der Waals surface area contributed by atoms with Crippen LogP contribution in [0, 0.1) is 0 Å². The second-order valence-electron chi connectivity index (χ2n) is 3.18. The molecule has 0 bridgehead atoms. The van der Waals surface area contributed by atoms with Gasteiger partial charge in [0.1, 0.15) is 6.23 Å². The Hall–Kier alpha value is -1.39. The summed E-state index contributed by atoms with van der Waals surface area (Å²) in [5.74, 6) is -0.413. The molecule has 0 heterocycles. The lowest BCUT2D eigenvalue weighted by Crippen LogP contribution is -2.28. The van der Waals surface area contributed by atoms with Crippen LogP contribution in [0.15, 0.2) is 30.3 Å². The molecular weight excluding hydrogens is 194 g/mol. The number of ether oxygens (including phenoxy) is 2. The molecule has 0 saturated carbocycles. The predicted octanol–water partition coefficient (Wildman–Crippen LogP) is 1.51. The van der Waals surface area contributed by atoms with Crippen molar-refractivity contribution in [2.24, 2.45) is 5.73 Å². The Labute approximate surface area is 89.0 Å². The summed E-state index contributed by atoms with van der Waals surface area (Å²) in [5, 5.41) is 0. The van der Waals surface area contributed by atoms with Gasteiger partial charge in [-0.2, -0.15) is 0 Å². The third-order valence-electron chi connectivity index (χ3n) is 1.69. The smallest absolute Gasteiger partial charge is 0.340 e. The number of nitrogens with two attached hydrogens (primary N) is 1. The van der Waals surface area contributed by atoms with Crippen molar-refractivity contribution >= 4 is 5.97 Å². The predicted molar refractivity (Wildman–Crippen MR) is 56.1 cm³/mol. The molecule has 0 spiro atoms.